The molecule has 4 heterocycles. The van der Waals surface area contributed by atoms with Crippen molar-refractivity contribution in [1.82, 2.24) is 29.5 Å². The Morgan fingerprint density at radius 3 is 1.23 bits per heavy atom. The minimum Gasteiger partial charge on any atom is -0.377 e. The van der Waals surface area contributed by atoms with Crippen molar-refractivity contribution >= 4 is 11.4 Å². The van der Waals surface area contributed by atoms with E-state index in [2.05, 4.69) is 20.2 Å². The van der Waals surface area contributed by atoms with Crippen molar-refractivity contribution in [2.24, 2.45) is 0 Å². The standard InChI is InChI=1S/C25H26F6N8/c1-23(2,19-11-15(36(3)4)13-21(32-19)38-9-7-17(34-38)24(26,27)28)20-12-16(37(5)6)14-22(33-20)39-10-8-18(35-39)25(29,30)31/h7-14H,1-6H3. The van der Waals surface area contributed by atoms with Crippen molar-refractivity contribution in [3.8, 4) is 11.6 Å². The number of aromatic nitrogens is 6. The van der Waals surface area contributed by atoms with Crippen molar-refractivity contribution in [3.05, 3.63) is 71.6 Å². The molecule has 0 aliphatic carbocycles. The summed E-state index contributed by atoms with van der Waals surface area (Å²) in [5.41, 5.74) is -0.833. The Balaban J connectivity index is 1.86. The molecular weight excluding hydrogens is 526 g/mol. The van der Waals surface area contributed by atoms with Crippen LogP contribution in [0.1, 0.15) is 36.6 Å². The number of hydrogen-bond acceptors (Lipinski definition) is 6. The average Bonchev–Trinajstić information content (AvgIpc) is 3.54. The number of pyridine rings is 2. The number of hydrogen-bond donors (Lipinski definition) is 0. The summed E-state index contributed by atoms with van der Waals surface area (Å²) in [7, 11) is 7.11. The molecule has 0 fully saturated rings. The number of halogens is 6. The summed E-state index contributed by atoms with van der Waals surface area (Å²) in [6.07, 6.45) is -6.86. The second-order valence-electron chi connectivity index (χ2n) is 9.84. The highest BCUT2D eigenvalue weighted by molar-refractivity contribution is 5.56. The predicted octanol–water partition coefficient (Wildman–Crippen LogP) is 5.34. The minimum atomic E-state index is -4.61. The summed E-state index contributed by atoms with van der Waals surface area (Å²) in [5, 5.41) is 7.29. The molecule has 0 saturated heterocycles. The van der Waals surface area contributed by atoms with Crippen LogP contribution < -0.4 is 9.80 Å². The lowest BCUT2D eigenvalue weighted by atomic mass is 9.84. The molecule has 8 nitrogen and oxygen atoms in total. The first-order valence-electron chi connectivity index (χ1n) is 11.6. The van der Waals surface area contributed by atoms with Crippen molar-refractivity contribution in [2.75, 3.05) is 38.0 Å². The van der Waals surface area contributed by atoms with Gasteiger partial charge in [0, 0.05) is 69.5 Å². The van der Waals surface area contributed by atoms with Crippen molar-refractivity contribution in [2.45, 2.75) is 31.6 Å². The highest BCUT2D eigenvalue weighted by Gasteiger charge is 2.35. The first kappa shape index (κ1) is 27.9. The third-order valence-corrected chi connectivity index (χ3v) is 6.14. The largest absolute Gasteiger partial charge is 0.435 e. The van der Waals surface area contributed by atoms with E-state index in [9.17, 15) is 26.3 Å². The van der Waals surface area contributed by atoms with Crippen molar-refractivity contribution in [1.29, 1.82) is 0 Å². The van der Waals surface area contributed by atoms with Gasteiger partial charge in [0.1, 0.15) is 0 Å². The number of anilines is 2. The molecule has 4 aromatic rings. The van der Waals surface area contributed by atoms with Crippen LogP contribution in [-0.4, -0.2) is 57.7 Å². The van der Waals surface area contributed by atoms with E-state index in [-0.39, 0.29) is 11.6 Å². The second-order valence-corrected chi connectivity index (χ2v) is 9.84. The molecule has 4 aromatic heterocycles. The molecule has 0 aromatic carbocycles. The normalized spacial score (nSPS) is 12.6. The number of nitrogens with zero attached hydrogens (tertiary/aromatic N) is 8. The maximum absolute atomic E-state index is 13.2. The molecule has 14 heteroatoms. The number of rotatable bonds is 6. The average molecular weight is 553 g/mol. The van der Waals surface area contributed by atoms with Gasteiger partial charge in [-0.25, -0.2) is 19.3 Å². The Morgan fingerprint density at radius 2 is 0.949 bits per heavy atom. The van der Waals surface area contributed by atoms with Gasteiger partial charge in [-0.15, -0.1) is 0 Å². The molecule has 0 radical (unpaired) electrons. The minimum absolute atomic E-state index is 0.158. The summed E-state index contributed by atoms with van der Waals surface area (Å²) in [6, 6.07) is 8.48. The van der Waals surface area contributed by atoms with Gasteiger partial charge in [-0.05, 0) is 38.1 Å². The third-order valence-electron chi connectivity index (χ3n) is 6.14. The van der Waals surface area contributed by atoms with Crippen LogP contribution in [0.15, 0.2) is 48.8 Å². The summed E-state index contributed by atoms with van der Waals surface area (Å²) >= 11 is 0. The van der Waals surface area contributed by atoms with E-state index >= 15 is 0 Å². The van der Waals surface area contributed by atoms with Crippen LogP contribution in [0.2, 0.25) is 0 Å². The SMILES string of the molecule is CN(C)c1cc(-n2ccc(C(F)(F)F)n2)nc(C(C)(C)c2cc(N(C)C)cc(-n3ccc(C(F)(F)F)n3)n2)c1. The van der Waals surface area contributed by atoms with Crippen LogP contribution in [-0.2, 0) is 17.8 Å². The van der Waals surface area contributed by atoms with Crippen LogP contribution in [0, 0.1) is 0 Å². The fourth-order valence-corrected chi connectivity index (χ4v) is 3.73. The maximum atomic E-state index is 13.2. The molecule has 0 atom stereocenters. The van der Waals surface area contributed by atoms with Crippen LogP contribution in [0.4, 0.5) is 37.7 Å². The predicted molar refractivity (Wildman–Crippen MR) is 134 cm³/mol. The third kappa shape index (κ3) is 5.68. The van der Waals surface area contributed by atoms with Crippen LogP contribution in [0.5, 0.6) is 0 Å². The lowest BCUT2D eigenvalue weighted by Crippen LogP contribution is -2.25. The van der Waals surface area contributed by atoms with Gasteiger partial charge in [0.05, 0.1) is 11.4 Å². The van der Waals surface area contributed by atoms with Crippen molar-refractivity contribution < 1.29 is 26.3 Å². The molecule has 0 spiro atoms. The Bertz CT molecular complexity index is 1370. The van der Waals surface area contributed by atoms with E-state index in [4.69, 9.17) is 0 Å². The lowest BCUT2D eigenvalue weighted by Gasteiger charge is -2.28. The topological polar surface area (TPSA) is 67.9 Å². The van der Waals surface area contributed by atoms with Gasteiger partial charge in [-0.2, -0.15) is 36.5 Å². The Kier molecular flexibility index (Phi) is 6.86. The molecule has 0 N–H and O–H groups in total. The molecule has 208 valence electrons. The highest BCUT2D eigenvalue weighted by Crippen LogP contribution is 2.35. The summed E-state index contributed by atoms with van der Waals surface area (Å²) in [4.78, 5) is 12.8. The molecule has 0 bridgehead atoms. The van der Waals surface area contributed by atoms with Gasteiger partial charge in [0.25, 0.3) is 0 Å². The van der Waals surface area contributed by atoms with Gasteiger partial charge < -0.3 is 9.80 Å². The fraction of sp³-hybridized carbons (Fsp3) is 0.360. The second kappa shape index (κ2) is 9.58. The first-order valence-corrected chi connectivity index (χ1v) is 11.6. The molecule has 39 heavy (non-hydrogen) atoms. The zero-order chi connectivity index (χ0) is 28.9. The summed E-state index contributed by atoms with van der Waals surface area (Å²) in [6.45, 7) is 3.64. The van der Waals surface area contributed by atoms with Crippen LogP contribution >= 0.6 is 0 Å². The smallest absolute Gasteiger partial charge is 0.377 e. The Labute approximate surface area is 220 Å². The lowest BCUT2D eigenvalue weighted by molar-refractivity contribution is -0.142. The molecule has 4 rings (SSSR count). The Hall–Kier alpha value is -4.10. The van der Waals surface area contributed by atoms with Crippen LogP contribution in [0.25, 0.3) is 11.6 Å². The zero-order valence-electron chi connectivity index (χ0n) is 22.0. The molecule has 0 aliphatic heterocycles. The van der Waals surface area contributed by atoms with Gasteiger partial charge in [-0.1, -0.05) is 0 Å². The van der Waals surface area contributed by atoms with Crippen molar-refractivity contribution in [3.63, 3.8) is 0 Å². The summed E-state index contributed by atoms with van der Waals surface area (Å²) in [5.74, 6) is 0.316. The van der Waals surface area contributed by atoms with Gasteiger partial charge >= 0.3 is 12.4 Å². The maximum Gasteiger partial charge on any atom is 0.435 e. The monoisotopic (exact) mass is 552 g/mol. The van der Waals surface area contributed by atoms with E-state index in [1.165, 1.54) is 12.4 Å². The van der Waals surface area contributed by atoms with E-state index in [1.807, 2.05) is 13.8 Å². The molecule has 0 saturated carbocycles. The van der Waals surface area contributed by atoms with Gasteiger partial charge in [0.2, 0.25) is 0 Å². The van der Waals surface area contributed by atoms with Crippen LogP contribution in [0.3, 0.4) is 0 Å². The molecule has 0 amide bonds. The molecule has 0 unspecified atom stereocenters. The zero-order valence-corrected chi connectivity index (χ0v) is 22.0. The molecular formula is C25H26F6N8. The Morgan fingerprint density at radius 1 is 0.590 bits per heavy atom. The van der Waals surface area contributed by atoms with E-state index in [0.29, 0.717) is 22.8 Å². The fourth-order valence-electron chi connectivity index (χ4n) is 3.73. The van der Waals surface area contributed by atoms with E-state index in [0.717, 1.165) is 21.5 Å². The van der Waals surface area contributed by atoms with E-state index in [1.54, 1.807) is 62.3 Å². The summed E-state index contributed by atoms with van der Waals surface area (Å²) < 4.78 is 81.2. The highest BCUT2D eigenvalue weighted by atomic mass is 19.4. The quantitative estimate of drug-likeness (QED) is 0.301. The van der Waals surface area contributed by atoms with E-state index < -0.39 is 29.2 Å². The first-order chi connectivity index (χ1) is 18.0. The van der Waals surface area contributed by atoms with Gasteiger partial charge in [0.15, 0.2) is 23.0 Å². The van der Waals surface area contributed by atoms with Gasteiger partial charge in [-0.3, -0.25) is 0 Å². The number of alkyl halides is 6. The molecule has 0 aliphatic rings.